The number of benzene rings is 1. The minimum atomic E-state index is -0.300. The minimum absolute atomic E-state index is 0.300. The van der Waals surface area contributed by atoms with Crippen LogP contribution in [0.3, 0.4) is 0 Å². The molecule has 0 heterocycles. The van der Waals surface area contributed by atoms with Gasteiger partial charge in [-0.15, -0.1) is 0 Å². The van der Waals surface area contributed by atoms with Crippen LogP contribution in [0.2, 0.25) is 0 Å². The summed E-state index contributed by atoms with van der Waals surface area (Å²) in [5.74, 6) is 0.927. The summed E-state index contributed by atoms with van der Waals surface area (Å²) in [5.41, 5.74) is 4.06. The molecule has 1 aliphatic carbocycles. The van der Waals surface area contributed by atoms with E-state index in [0.29, 0.717) is 6.42 Å². The highest BCUT2D eigenvalue weighted by Gasteiger charge is 2.19. The van der Waals surface area contributed by atoms with Gasteiger partial charge in [0.05, 0.1) is 13.2 Å². The van der Waals surface area contributed by atoms with E-state index in [0.717, 1.165) is 12.2 Å². The van der Waals surface area contributed by atoms with Gasteiger partial charge in [0.1, 0.15) is 5.75 Å². The Morgan fingerprint density at radius 2 is 2.20 bits per heavy atom. The van der Waals surface area contributed by atoms with Crippen molar-refractivity contribution in [1.82, 2.24) is 0 Å². The zero-order chi connectivity index (χ0) is 10.8. The summed E-state index contributed by atoms with van der Waals surface area (Å²) in [6.07, 6.45) is 3.94. The standard InChI is InChI=1S/C13H18O2/c1-9(14)8-12-11-5-3-4-10(11)6-7-13(12)15-2/h6-7,9,14H,3-5,8H2,1-2H3. The molecule has 2 heteroatoms. The molecule has 0 fully saturated rings. The summed E-state index contributed by atoms with van der Waals surface area (Å²) < 4.78 is 5.36. The Bertz CT molecular complexity index is 356. The molecular formula is C13H18O2. The van der Waals surface area contributed by atoms with Crippen LogP contribution in [-0.2, 0) is 19.3 Å². The molecule has 1 atom stereocenters. The Kier molecular flexibility index (Phi) is 2.96. The predicted molar refractivity (Wildman–Crippen MR) is 60.4 cm³/mol. The third kappa shape index (κ3) is 2.00. The van der Waals surface area contributed by atoms with E-state index >= 15 is 0 Å². The third-order valence-electron chi connectivity index (χ3n) is 3.08. The lowest BCUT2D eigenvalue weighted by atomic mass is 9.98. The van der Waals surface area contributed by atoms with Gasteiger partial charge in [0, 0.05) is 12.0 Å². The van der Waals surface area contributed by atoms with Gasteiger partial charge >= 0.3 is 0 Å². The molecule has 0 amide bonds. The Hall–Kier alpha value is -1.02. The second kappa shape index (κ2) is 4.23. The maximum atomic E-state index is 9.50. The summed E-state index contributed by atoms with van der Waals surface area (Å²) in [6, 6.07) is 4.19. The highest BCUT2D eigenvalue weighted by atomic mass is 16.5. The maximum absolute atomic E-state index is 9.50. The number of ether oxygens (including phenoxy) is 1. The van der Waals surface area contributed by atoms with Gasteiger partial charge in [-0.1, -0.05) is 6.07 Å². The number of methoxy groups -OCH3 is 1. The molecule has 2 rings (SSSR count). The average Bonchev–Trinajstić information content (AvgIpc) is 2.65. The first-order chi connectivity index (χ1) is 7.22. The monoisotopic (exact) mass is 206 g/mol. The largest absolute Gasteiger partial charge is 0.496 e. The van der Waals surface area contributed by atoms with E-state index in [4.69, 9.17) is 4.74 Å². The molecule has 1 aromatic rings. The molecule has 0 spiro atoms. The summed E-state index contributed by atoms with van der Waals surface area (Å²) in [5, 5.41) is 9.50. The van der Waals surface area contributed by atoms with Crippen molar-refractivity contribution < 1.29 is 9.84 Å². The van der Waals surface area contributed by atoms with Gasteiger partial charge in [-0.2, -0.15) is 0 Å². The van der Waals surface area contributed by atoms with Crippen LogP contribution < -0.4 is 4.74 Å². The van der Waals surface area contributed by atoms with E-state index in [1.54, 1.807) is 7.11 Å². The van der Waals surface area contributed by atoms with Crippen molar-refractivity contribution >= 4 is 0 Å². The molecule has 1 unspecified atom stereocenters. The van der Waals surface area contributed by atoms with E-state index in [9.17, 15) is 5.11 Å². The van der Waals surface area contributed by atoms with Crippen LogP contribution in [-0.4, -0.2) is 18.3 Å². The highest BCUT2D eigenvalue weighted by molar-refractivity contribution is 5.47. The first-order valence-corrected chi connectivity index (χ1v) is 5.58. The van der Waals surface area contributed by atoms with Crippen LogP contribution in [0.4, 0.5) is 0 Å². The molecule has 0 saturated carbocycles. The number of fused-ring (bicyclic) bond motifs is 1. The summed E-state index contributed by atoms with van der Waals surface area (Å²) in [6.45, 7) is 1.83. The number of aliphatic hydroxyl groups is 1. The molecule has 0 saturated heterocycles. The second-order valence-electron chi connectivity index (χ2n) is 4.29. The van der Waals surface area contributed by atoms with Gasteiger partial charge in [0.25, 0.3) is 0 Å². The van der Waals surface area contributed by atoms with Crippen LogP contribution in [0.5, 0.6) is 5.75 Å². The predicted octanol–water partition coefficient (Wildman–Crippen LogP) is 2.11. The van der Waals surface area contributed by atoms with Gasteiger partial charge in [-0.25, -0.2) is 0 Å². The molecule has 0 radical (unpaired) electrons. The molecule has 2 nitrogen and oxygen atoms in total. The van der Waals surface area contributed by atoms with E-state index in [1.807, 2.05) is 13.0 Å². The van der Waals surface area contributed by atoms with Gasteiger partial charge < -0.3 is 9.84 Å². The molecule has 1 N–H and O–H groups in total. The number of aliphatic hydroxyl groups excluding tert-OH is 1. The Labute approximate surface area is 90.9 Å². The van der Waals surface area contributed by atoms with Crippen molar-refractivity contribution in [2.24, 2.45) is 0 Å². The van der Waals surface area contributed by atoms with Crippen LogP contribution in [0.25, 0.3) is 0 Å². The van der Waals surface area contributed by atoms with Crippen molar-refractivity contribution in [1.29, 1.82) is 0 Å². The lowest BCUT2D eigenvalue weighted by Gasteiger charge is -2.14. The minimum Gasteiger partial charge on any atom is -0.496 e. The maximum Gasteiger partial charge on any atom is 0.122 e. The lowest BCUT2D eigenvalue weighted by molar-refractivity contribution is 0.194. The van der Waals surface area contributed by atoms with Crippen LogP contribution in [0.15, 0.2) is 12.1 Å². The molecule has 0 aromatic heterocycles. The number of rotatable bonds is 3. The number of hydrogen-bond donors (Lipinski definition) is 1. The quantitative estimate of drug-likeness (QED) is 0.820. The first kappa shape index (κ1) is 10.5. The molecular weight excluding hydrogens is 188 g/mol. The van der Waals surface area contributed by atoms with E-state index < -0.39 is 0 Å². The number of aryl methyl sites for hydroxylation is 1. The zero-order valence-corrected chi connectivity index (χ0v) is 9.42. The van der Waals surface area contributed by atoms with E-state index in [1.165, 1.54) is 29.5 Å². The third-order valence-corrected chi connectivity index (χ3v) is 3.08. The summed E-state index contributed by atoms with van der Waals surface area (Å²) in [4.78, 5) is 0. The first-order valence-electron chi connectivity index (χ1n) is 5.58. The molecule has 15 heavy (non-hydrogen) atoms. The SMILES string of the molecule is COc1ccc2c(c1CC(C)O)CCC2. The summed E-state index contributed by atoms with van der Waals surface area (Å²) >= 11 is 0. The fourth-order valence-corrected chi connectivity index (χ4v) is 2.43. The Balaban J connectivity index is 2.42. The second-order valence-corrected chi connectivity index (χ2v) is 4.29. The molecule has 0 aliphatic heterocycles. The molecule has 1 aliphatic rings. The van der Waals surface area contributed by atoms with Gasteiger partial charge in [0.15, 0.2) is 0 Å². The molecule has 82 valence electrons. The van der Waals surface area contributed by atoms with Gasteiger partial charge in [0.2, 0.25) is 0 Å². The lowest BCUT2D eigenvalue weighted by Crippen LogP contribution is -2.08. The average molecular weight is 206 g/mol. The van der Waals surface area contributed by atoms with Crippen LogP contribution >= 0.6 is 0 Å². The van der Waals surface area contributed by atoms with Crippen LogP contribution in [0.1, 0.15) is 30.0 Å². The van der Waals surface area contributed by atoms with Crippen molar-refractivity contribution in [2.75, 3.05) is 7.11 Å². The van der Waals surface area contributed by atoms with E-state index in [2.05, 4.69) is 6.07 Å². The zero-order valence-electron chi connectivity index (χ0n) is 9.42. The van der Waals surface area contributed by atoms with Gasteiger partial charge in [-0.3, -0.25) is 0 Å². The Morgan fingerprint density at radius 3 is 2.87 bits per heavy atom. The Morgan fingerprint density at radius 1 is 1.40 bits per heavy atom. The summed E-state index contributed by atoms with van der Waals surface area (Å²) in [7, 11) is 1.70. The smallest absolute Gasteiger partial charge is 0.122 e. The van der Waals surface area contributed by atoms with Crippen molar-refractivity contribution in [2.45, 2.75) is 38.7 Å². The normalized spacial score (nSPS) is 16.2. The van der Waals surface area contributed by atoms with Crippen molar-refractivity contribution in [3.05, 3.63) is 28.8 Å². The van der Waals surface area contributed by atoms with Crippen molar-refractivity contribution in [3.8, 4) is 5.75 Å². The van der Waals surface area contributed by atoms with Crippen molar-refractivity contribution in [3.63, 3.8) is 0 Å². The van der Waals surface area contributed by atoms with Gasteiger partial charge in [-0.05, 0) is 43.4 Å². The van der Waals surface area contributed by atoms with E-state index in [-0.39, 0.29) is 6.10 Å². The highest BCUT2D eigenvalue weighted by Crippen LogP contribution is 2.32. The number of hydrogen-bond acceptors (Lipinski definition) is 2. The fraction of sp³-hybridized carbons (Fsp3) is 0.538. The fourth-order valence-electron chi connectivity index (χ4n) is 2.43. The topological polar surface area (TPSA) is 29.5 Å². The molecule has 0 bridgehead atoms. The molecule has 1 aromatic carbocycles. The van der Waals surface area contributed by atoms with Crippen LogP contribution in [0, 0.1) is 0 Å².